The average Bonchev–Trinajstić information content (AvgIpc) is 2.36. The predicted octanol–water partition coefficient (Wildman–Crippen LogP) is 1.67. The van der Waals surface area contributed by atoms with Gasteiger partial charge in [0.25, 0.3) is 0 Å². The highest BCUT2D eigenvalue weighted by Crippen LogP contribution is 2.29. The number of phenols is 1. The number of phenolic OH excluding ortho intramolecular Hbond substituents is 1. The first kappa shape index (κ1) is 15.8. The Hall–Kier alpha value is -2.27. The van der Waals surface area contributed by atoms with Crippen molar-refractivity contribution in [3.05, 3.63) is 41.5 Å². The van der Waals surface area contributed by atoms with Gasteiger partial charge >= 0.3 is 0 Å². The van der Waals surface area contributed by atoms with E-state index in [9.17, 15) is 9.90 Å². The molecule has 20 heavy (non-hydrogen) atoms. The molecule has 0 aliphatic carbocycles. The quantitative estimate of drug-likeness (QED) is 0.508. The number of nitrogens with one attached hydrogen (secondary N) is 1. The van der Waals surface area contributed by atoms with E-state index in [0.29, 0.717) is 17.5 Å². The number of carbonyl (C=O) groups excluding carboxylic acids is 1. The molecule has 0 bridgehead atoms. The van der Waals surface area contributed by atoms with Gasteiger partial charge in [0.15, 0.2) is 0 Å². The number of benzene rings is 2. The maximum absolute atomic E-state index is 10.9. The van der Waals surface area contributed by atoms with Crippen molar-refractivity contribution in [2.24, 2.45) is 11.5 Å². The monoisotopic (exact) mass is 293 g/mol. The molecular formula is C14H16ClN3O2. The van der Waals surface area contributed by atoms with Crippen molar-refractivity contribution < 1.29 is 9.90 Å². The van der Waals surface area contributed by atoms with Crippen molar-refractivity contribution in [3.63, 3.8) is 0 Å². The van der Waals surface area contributed by atoms with Crippen LogP contribution in [0.4, 0.5) is 0 Å². The molecule has 0 fully saturated rings. The molecule has 0 aliphatic heterocycles. The average molecular weight is 294 g/mol. The van der Waals surface area contributed by atoms with Gasteiger partial charge in [0.2, 0.25) is 5.91 Å². The van der Waals surface area contributed by atoms with Crippen molar-refractivity contribution in [1.29, 1.82) is 5.41 Å². The second-order valence-corrected chi connectivity index (χ2v) is 4.38. The van der Waals surface area contributed by atoms with Crippen molar-refractivity contribution in [2.45, 2.75) is 12.8 Å². The van der Waals surface area contributed by atoms with Crippen LogP contribution >= 0.6 is 12.4 Å². The molecule has 2 aromatic rings. The lowest BCUT2D eigenvalue weighted by atomic mass is 9.98. The Balaban J connectivity index is 0.00000200. The van der Waals surface area contributed by atoms with Crippen LogP contribution in [-0.4, -0.2) is 16.8 Å². The third-order valence-electron chi connectivity index (χ3n) is 3.04. The molecule has 0 aliphatic rings. The summed E-state index contributed by atoms with van der Waals surface area (Å²) in [6, 6.07) is 8.62. The molecule has 0 radical (unpaired) electrons. The lowest BCUT2D eigenvalue weighted by Crippen LogP contribution is -2.12. The standard InChI is InChI=1S/C14H15N3O2.ClH/c15-13(19)6-4-11-10-3-1-9(14(16)17)7-8(10)2-5-12(11)18;/h1-3,5,7,18H,4,6H2,(H2,15,19)(H3,16,17);1H. The molecule has 1 amide bonds. The molecule has 2 rings (SSSR count). The van der Waals surface area contributed by atoms with Gasteiger partial charge in [-0.1, -0.05) is 18.2 Å². The zero-order valence-corrected chi connectivity index (χ0v) is 11.5. The van der Waals surface area contributed by atoms with Gasteiger partial charge < -0.3 is 16.6 Å². The third kappa shape index (κ3) is 3.19. The fourth-order valence-corrected chi connectivity index (χ4v) is 2.06. The van der Waals surface area contributed by atoms with Crippen molar-refractivity contribution in [3.8, 4) is 5.75 Å². The van der Waals surface area contributed by atoms with Crippen LogP contribution in [-0.2, 0) is 11.2 Å². The second kappa shape index (κ2) is 6.25. The van der Waals surface area contributed by atoms with E-state index < -0.39 is 5.91 Å². The molecular weight excluding hydrogens is 278 g/mol. The van der Waals surface area contributed by atoms with Crippen LogP contribution in [0.25, 0.3) is 10.8 Å². The van der Waals surface area contributed by atoms with E-state index in [1.54, 1.807) is 30.3 Å². The summed E-state index contributed by atoms with van der Waals surface area (Å²) in [5.41, 5.74) is 11.9. The number of halogens is 1. The molecule has 6 N–H and O–H groups in total. The molecule has 106 valence electrons. The first-order valence-electron chi connectivity index (χ1n) is 5.86. The maximum atomic E-state index is 10.9. The number of carbonyl (C=O) groups is 1. The molecule has 0 saturated heterocycles. The molecule has 0 aromatic heterocycles. The Morgan fingerprint density at radius 1 is 1.20 bits per heavy atom. The lowest BCUT2D eigenvalue weighted by Gasteiger charge is -2.09. The maximum Gasteiger partial charge on any atom is 0.217 e. The van der Waals surface area contributed by atoms with E-state index in [4.69, 9.17) is 16.9 Å². The highest BCUT2D eigenvalue weighted by atomic mass is 35.5. The van der Waals surface area contributed by atoms with E-state index in [2.05, 4.69) is 0 Å². The topological polar surface area (TPSA) is 113 Å². The van der Waals surface area contributed by atoms with Gasteiger partial charge in [0.1, 0.15) is 11.6 Å². The van der Waals surface area contributed by atoms with Crippen molar-refractivity contribution in [1.82, 2.24) is 0 Å². The van der Waals surface area contributed by atoms with Gasteiger partial charge in [-0.3, -0.25) is 10.2 Å². The summed E-state index contributed by atoms with van der Waals surface area (Å²) in [7, 11) is 0. The predicted molar refractivity (Wildman–Crippen MR) is 81.4 cm³/mol. The lowest BCUT2D eigenvalue weighted by molar-refractivity contribution is -0.117. The number of amides is 1. The molecule has 2 aromatic carbocycles. The zero-order valence-electron chi connectivity index (χ0n) is 10.7. The van der Waals surface area contributed by atoms with Crippen LogP contribution in [0.5, 0.6) is 5.75 Å². The molecule has 0 spiro atoms. The molecule has 5 nitrogen and oxygen atoms in total. The molecule has 0 unspecified atom stereocenters. The smallest absolute Gasteiger partial charge is 0.217 e. The summed E-state index contributed by atoms with van der Waals surface area (Å²) < 4.78 is 0. The summed E-state index contributed by atoms with van der Waals surface area (Å²) in [5.74, 6) is -0.269. The summed E-state index contributed by atoms with van der Waals surface area (Å²) >= 11 is 0. The number of hydrogen-bond acceptors (Lipinski definition) is 3. The minimum absolute atomic E-state index is 0. The number of rotatable bonds is 4. The number of hydrogen-bond donors (Lipinski definition) is 4. The Morgan fingerprint density at radius 3 is 2.50 bits per heavy atom. The normalized spacial score (nSPS) is 10.0. The first-order chi connectivity index (χ1) is 8.99. The van der Waals surface area contributed by atoms with Gasteiger partial charge in [-0.05, 0) is 29.3 Å². The number of nitrogens with two attached hydrogens (primary N) is 2. The summed E-state index contributed by atoms with van der Waals surface area (Å²) in [4.78, 5) is 10.9. The fraction of sp³-hybridized carbons (Fsp3) is 0.143. The van der Waals surface area contributed by atoms with Crippen LogP contribution in [0.3, 0.4) is 0 Å². The minimum Gasteiger partial charge on any atom is -0.508 e. The zero-order chi connectivity index (χ0) is 14.0. The number of amidine groups is 1. The van der Waals surface area contributed by atoms with E-state index in [1.165, 1.54) is 0 Å². The van der Waals surface area contributed by atoms with E-state index in [0.717, 1.165) is 10.8 Å². The highest BCUT2D eigenvalue weighted by Gasteiger charge is 2.09. The summed E-state index contributed by atoms with van der Waals surface area (Å²) in [5, 5.41) is 19.0. The summed E-state index contributed by atoms with van der Waals surface area (Å²) in [6.45, 7) is 0. The van der Waals surface area contributed by atoms with Gasteiger partial charge in [-0.2, -0.15) is 0 Å². The fourth-order valence-electron chi connectivity index (χ4n) is 2.06. The van der Waals surface area contributed by atoms with Gasteiger partial charge in [0.05, 0.1) is 0 Å². The van der Waals surface area contributed by atoms with Gasteiger partial charge in [-0.15, -0.1) is 12.4 Å². The Bertz CT molecular complexity index is 671. The number of aryl methyl sites for hydroxylation is 1. The minimum atomic E-state index is -0.406. The number of fused-ring (bicyclic) bond motifs is 1. The molecule has 0 saturated carbocycles. The SMILES string of the molecule is Cl.N=C(N)c1ccc2c(CCC(N)=O)c(O)ccc2c1. The summed E-state index contributed by atoms with van der Waals surface area (Å²) in [6.07, 6.45) is 0.569. The molecule has 6 heteroatoms. The van der Waals surface area contributed by atoms with Crippen LogP contribution in [0.2, 0.25) is 0 Å². The van der Waals surface area contributed by atoms with Crippen molar-refractivity contribution >= 4 is 34.9 Å². The van der Waals surface area contributed by atoms with Crippen LogP contribution in [0, 0.1) is 5.41 Å². The van der Waals surface area contributed by atoms with Gasteiger partial charge in [0, 0.05) is 17.5 Å². The Morgan fingerprint density at radius 2 is 1.90 bits per heavy atom. The van der Waals surface area contributed by atoms with Crippen LogP contribution in [0.15, 0.2) is 30.3 Å². The van der Waals surface area contributed by atoms with E-state index in [1.807, 2.05) is 0 Å². The number of nitrogen functional groups attached to an aromatic ring is 1. The number of primary amides is 1. The van der Waals surface area contributed by atoms with E-state index in [-0.39, 0.29) is 30.4 Å². The van der Waals surface area contributed by atoms with Crippen molar-refractivity contribution in [2.75, 3.05) is 0 Å². The Kier molecular flexibility index (Phi) is 4.94. The molecule has 0 heterocycles. The second-order valence-electron chi connectivity index (χ2n) is 4.38. The Labute approximate surface area is 122 Å². The largest absolute Gasteiger partial charge is 0.508 e. The van der Waals surface area contributed by atoms with Crippen LogP contribution in [0.1, 0.15) is 17.5 Å². The van der Waals surface area contributed by atoms with Gasteiger partial charge in [-0.25, -0.2) is 0 Å². The number of aromatic hydroxyl groups is 1. The third-order valence-corrected chi connectivity index (χ3v) is 3.04. The van der Waals surface area contributed by atoms with Crippen LogP contribution < -0.4 is 11.5 Å². The highest BCUT2D eigenvalue weighted by molar-refractivity contribution is 6.00. The first-order valence-corrected chi connectivity index (χ1v) is 5.86. The van der Waals surface area contributed by atoms with E-state index >= 15 is 0 Å². The molecule has 0 atom stereocenters.